The normalized spacial score (nSPS) is 12.8. The number of halogens is 8. The second-order valence-corrected chi connectivity index (χ2v) is 7.38. The van der Waals surface area contributed by atoms with Crippen molar-refractivity contribution in [2.75, 3.05) is 0 Å². The van der Waals surface area contributed by atoms with Gasteiger partial charge in [-0.3, -0.25) is 0 Å². The van der Waals surface area contributed by atoms with Gasteiger partial charge in [-0.05, 0) is 49.3 Å². The number of thioether (sulfide) groups is 1. The maximum Gasteiger partial charge on any atom is 0.416 e. The van der Waals surface area contributed by atoms with Crippen molar-refractivity contribution in [3.05, 3.63) is 39.1 Å². The maximum absolute atomic E-state index is 13.0. The molecule has 0 aliphatic rings. The topological polar surface area (TPSA) is 17.8 Å². The quantitative estimate of drug-likeness (QED) is 0.309. The number of aryl methyl sites for hydroxylation is 1. The Kier molecular flexibility index (Phi) is 5.36. The number of hydrogen-bond acceptors (Lipinski definition) is 2. The lowest BCUT2D eigenvalue weighted by molar-refractivity contribution is -0.137. The second-order valence-electron chi connectivity index (χ2n) is 4.75. The molecule has 0 aliphatic heterocycles. The highest BCUT2D eigenvalue weighted by Crippen LogP contribution is 2.44. The number of alkyl halides is 6. The van der Waals surface area contributed by atoms with E-state index in [2.05, 4.69) is 5.10 Å². The molecule has 24 heavy (non-hydrogen) atoms. The number of hydrogen-bond donors (Lipinski definition) is 0. The lowest BCUT2D eigenvalue weighted by atomic mass is 10.2. The molecule has 0 spiro atoms. The minimum Gasteiger partial charge on any atom is -0.234 e. The fourth-order valence-electron chi connectivity index (χ4n) is 2.04. The molecule has 132 valence electrons. The predicted octanol–water partition coefficient (Wildman–Crippen LogP) is 6.70. The minimum atomic E-state index is -4.62. The van der Waals surface area contributed by atoms with E-state index in [0.29, 0.717) is 12.1 Å². The van der Waals surface area contributed by atoms with Crippen LogP contribution in [0, 0.1) is 13.8 Å². The average Bonchev–Trinajstić information content (AvgIpc) is 2.63. The van der Waals surface area contributed by atoms with Gasteiger partial charge in [-0.15, -0.1) is 0 Å². The highest BCUT2D eigenvalue weighted by atomic mass is 35.5. The maximum atomic E-state index is 13.0. The van der Waals surface area contributed by atoms with E-state index in [-0.39, 0.29) is 43.8 Å². The van der Waals surface area contributed by atoms with Crippen LogP contribution in [0.5, 0.6) is 0 Å². The molecule has 1 aromatic heterocycles. The molecular weight excluding hydrogens is 418 g/mol. The summed E-state index contributed by atoms with van der Waals surface area (Å²) in [6.45, 7) is 2.91. The van der Waals surface area contributed by atoms with Crippen LogP contribution in [-0.4, -0.2) is 14.5 Å². The summed E-state index contributed by atoms with van der Waals surface area (Å²) in [5.74, 6) is 0. The first-order chi connectivity index (χ1) is 10.8. The van der Waals surface area contributed by atoms with Crippen LogP contribution in [-0.2, 0) is 6.18 Å². The summed E-state index contributed by atoms with van der Waals surface area (Å²) < 4.78 is 62.0. The summed E-state index contributed by atoms with van der Waals surface area (Å²) in [6, 6.07) is 1.39. The van der Waals surface area contributed by atoms with Gasteiger partial charge in [0.25, 0.3) is 0 Å². The van der Waals surface area contributed by atoms with E-state index in [1.807, 2.05) is 0 Å². The molecule has 0 saturated heterocycles. The summed E-state index contributed by atoms with van der Waals surface area (Å²) >= 11 is 16.8. The van der Waals surface area contributed by atoms with Gasteiger partial charge in [0.15, 0.2) is 0 Å². The first-order valence-electron chi connectivity index (χ1n) is 6.20. The number of benzene rings is 1. The van der Waals surface area contributed by atoms with Gasteiger partial charge in [0.1, 0.15) is 5.69 Å². The van der Waals surface area contributed by atoms with Crippen LogP contribution in [0.2, 0.25) is 10.0 Å². The van der Waals surface area contributed by atoms with Crippen LogP contribution in [0.15, 0.2) is 17.0 Å². The van der Waals surface area contributed by atoms with E-state index in [1.54, 1.807) is 0 Å². The van der Waals surface area contributed by atoms with Gasteiger partial charge >= 0.3 is 10.9 Å². The van der Waals surface area contributed by atoms with Gasteiger partial charge < -0.3 is 0 Å². The lowest BCUT2D eigenvalue weighted by Crippen LogP contribution is -2.08. The van der Waals surface area contributed by atoms with Crippen LogP contribution < -0.4 is 0 Å². The lowest BCUT2D eigenvalue weighted by Gasteiger charge is -2.14. The standard InChI is InChI=1S/C13H8Cl3F5N2S/c1-5-11(24-13(16,20)21)6(2)23(22-5)10-8(14)3-7(4-9(10)15)12(17,18)19/h3-4H,1-2H3. The highest BCUT2D eigenvalue weighted by molar-refractivity contribution is 8.01. The van der Waals surface area contributed by atoms with Crippen molar-refractivity contribution in [3.63, 3.8) is 0 Å². The van der Waals surface area contributed by atoms with E-state index in [4.69, 9.17) is 34.8 Å². The molecule has 0 fully saturated rings. The molecule has 0 atom stereocenters. The van der Waals surface area contributed by atoms with Crippen molar-refractivity contribution in [3.8, 4) is 5.69 Å². The molecule has 0 bridgehead atoms. The van der Waals surface area contributed by atoms with E-state index in [0.717, 1.165) is 4.68 Å². The van der Waals surface area contributed by atoms with Crippen molar-refractivity contribution in [2.45, 2.75) is 29.6 Å². The Morgan fingerprint density at radius 3 is 1.96 bits per heavy atom. The van der Waals surface area contributed by atoms with E-state index in [9.17, 15) is 22.0 Å². The van der Waals surface area contributed by atoms with Gasteiger partial charge in [0, 0.05) is 0 Å². The molecule has 1 aromatic carbocycles. The molecule has 0 radical (unpaired) electrons. The summed E-state index contributed by atoms with van der Waals surface area (Å²) in [6.07, 6.45) is -4.62. The largest absolute Gasteiger partial charge is 0.416 e. The van der Waals surface area contributed by atoms with Crippen LogP contribution in [0.1, 0.15) is 17.0 Å². The summed E-state index contributed by atoms with van der Waals surface area (Å²) in [5, 5.41) is 3.41. The van der Waals surface area contributed by atoms with Crippen LogP contribution in [0.4, 0.5) is 22.0 Å². The first-order valence-corrected chi connectivity index (χ1v) is 8.15. The molecule has 2 rings (SSSR count). The van der Waals surface area contributed by atoms with Gasteiger partial charge in [0.05, 0.1) is 31.9 Å². The SMILES string of the molecule is Cc1nn(-c2c(Cl)cc(C(F)(F)F)cc2Cl)c(C)c1SC(F)(F)Cl. The molecule has 0 unspecified atom stereocenters. The van der Waals surface area contributed by atoms with Crippen molar-refractivity contribution in [2.24, 2.45) is 0 Å². The number of nitrogens with zero attached hydrogens (tertiary/aromatic N) is 2. The minimum absolute atomic E-state index is 0.0309. The molecule has 0 aliphatic carbocycles. The Labute approximate surface area is 152 Å². The molecule has 11 heteroatoms. The second kappa shape index (κ2) is 6.55. The zero-order chi connectivity index (χ0) is 18.4. The molecule has 2 nitrogen and oxygen atoms in total. The fourth-order valence-corrected chi connectivity index (χ4v) is 3.57. The monoisotopic (exact) mass is 424 g/mol. The Bertz CT molecular complexity index is 760. The highest BCUT2D eigenvalue weighted by Gasteiger charge is 2.33. The van der Waals surface area contributed by atoms with E-state index >= 15 is 0 Å². The first kappa shape index (κ1) is 19.6. The summed E-state index contributed by atoms with van der Waals surface area (Å²) in [5.41, 5.74) is -0.618. The van der Waals surface area contributed by atoms with Crippen LogP contribution >= 0.6 is 46.6 Å². The van der Waals surface area contributed by atoms with Gasteiger partial charge in [0.2, 0.25) is 0 Å². The third kappa shape index (κ3) is 4.09. The van der Waals surface area contributed by atoms with Crippen molar-refractivity contribution in [1.82, 2.24) is 9.78 Å². The van der Waals surface area contributed by atoms with Crippen molar-refractivity contribution >= 4 is 46.6 Å². The Balaban J connectivity index is 2.60. The smallest absolute Gasteiger partial charge is 0.234 e. The average molecular weight is 426 g/mol. The van der Waals surface area contributed by atoms with Gasteiger partial charge in [-0.25, -0.2) is 4.68 Å². The van der Waals surface area contributed by atoms with Gasteiger partial charge in [-0.2, -0.15) is 27.1 Å². The third-order valence-electron chi connectivity index (χ3n) is 3.00. The fraction of sp³-hybridized carbons (Fsp3) is 0.308. The molecule has 1 heterocycles. The Morgan fingerprint density at radius 2 is 1.54 bits per heavy atom. The van der Waals surface area contributed by atoms with E-state index in [1.165, 1.54) is 13.8 Å². The third-order valence-corrected chi connectivity index (χ3v) is 4.83. The molecule has 0 amide bonds. The van der Waals surface area contributed by atoms with Crippen molar-refractivity contribution < 1.29 is 22.0 Å². The number of rotatable bonds is 3. The zero-order valence-corrected chi connectivity index (χ0v) is 15.1. The summed E-state index contributed by atoms with van der Waals surface area (Å²) in [4.78, 5) is 0.0852. The van der Waals surface area contributed by atoms with E-state index < -0.39 is 16.5 Å². The molecule has 0 saturated carbocycles. The molecule has 0 N–H and O–H groups in total. The van der Waals surface area contributed by atoms with Crippen LogP contribution in [0.3, 0.4) is 0 Å². The van der Waals surface area contributed by atoms with Crippen LogP contribution in [0.25, 0.3) is 5.69 Å². The molecular formula is C13H8Cl3F5N2S. The van der Waals surface area contributed by atoms with Gasteiger partial charge in [-0.1, -0.05) is 23.2 Å². The molecule has 2 aromatic rings. The van der Waals surface area contributed by atoms with Crippen molar-refractivity contribution in [1.29, 1.82) is 0 Å². The Morgan fingerprint density at radius 1 is 1.04 bits per heavy atom. The Hall–Kier alpha value is -0.700. The summed E-state index contributed by atoms with van der Waals surface area (Å²) in [7, 11) is 0. The predicted molar refractivity (Wildman–Crippen MR) is 84.7 cm³/mol. The zero-order valence-electron chi connectivity index (χ0n) is 12.0. The number of aromatic nitrogens is 2.